The highest BCUT2D eigenvalue weighted by Gasteiger charge is 2.40. The van der Waals surface area contributed by atoms with E-state index in [-0.39, 0.29) is 35.6 Å². The van der Waals surface area contributed by atoms with E-state index in [1.807, 2.05) is 82.4 Å². The van der Waals surface area contributed by atoms with Crippen molar-refractivity contribution in [3.8, 4) is 11.5 Å². The average molecular weight is 1210 g/mol. The maximum absolute atomic E-state index is 12.6. The van der Waals surface area contributed by atoms with Crippen LogP contribution in [0.2, 0.25) is 0 Å². The minimum atomic E-state index is -0.673. The number of hydrogen-bond donors (Lipinski definition) is 2. The molecule has 0 bridgehead atoms. The lowest BCUT2D eigenvalue weighted by atomic mass is 9.97. The molecule has 2 aliphatic rings. The number of nitrogens with zero attached hydrogens (tertiary/aromatic N) is 10. The first-order valence-corrected chi connectivity index (χ1v) is 21.1. The SMILES string of the molecule is CN1C[C@H]([C@@H](c2ccccc2)n2cc(I)c(I)n2)n2ncc(=O)c(O)c2C1=O.CN1C[C@H]([C@H](c2ccccc2)n2cc(I)c(I)n2)n2ncc(=O)c(O)c2C1=O. The molecule has 20 heteroatoms. The van der Waals surface area contributed by atoms with E-state index in [2.05, 4.69) is 111 Å². The van der Waals surface area contributed by atoms with Crippen LogP contribution in [-0.2, 0) is 0 Å². The zero-order valence-electron chi connectivity index (χ0n) is 29.3. The number of hydrogen-bond acceptors (Lipinski definition) is 10. The van der Waals surface area contributed by atoms with Gasteiger partial charge >= 0.3 is 0 Å². The van der Waals surface area contributed by atoms with Crippen LogP contribution in [-0.4, -0.2) is 98.1 Å². The van der Waals surface area contributed by atoms with Crippen molar-refractivity contribution in [1.82, 2.24) is 48.9 Å². The lowest BCUT2D eigenvalue weighted by molar-refractivity contribution is 0.0660. The van der Waals surface area contributed by atoms with Crippen molar-refractivity contribution >= 4 is 102 Å². The molecule has 0 spiro atoms. The van der Waals surface area contributed by atoms with Crippen LogP contribution in [0.5, 0.6) is 11.5 Å². The first kappa shape index (κ1) is 40.3. The number of fused-ring (bicyclic) bond motifs is 2. The molecule has 16 nitrogen and oxygen atoms in total. The maximum Gasteiger partial charge on any atom is 0.275 e. The van der Waals surface area contributed by atoms with Crippen molar-refractivity contribution in [2.45, 2.75) is 24.2 Å². The van der Waals surface area contributed by atoms with Gasteiger partial charge in [0, 0.05) is 39.6 Å². The zero-order chi connectivity index (χ0) is 40.0. The van der Waals surface area contributed by atoms with Crippen molar-refractivity contribution in [3.63, 3.8) is 0 Å². The molecule has 8 rings (SSSR count). The first-order chi connectivity index (χ1) is 26.8. The molecule has 288 valence electrons. The van der Waals surface area contributed by atoms with Gasteiger partial charge in [0.1, 0.15) is 19.5 Å². The van der Waals surface area contributed by atoms with Crippen molar-refractivity contribution in [2.24, 2.45) is 0 Å². The molecule has 0 saturated heterocycles. The Bertz CT molecular complexity index is 2360. The van der Waals surface area contributed by atoms with Gasteiger partial charge in [0.15, 0.2) is 22.9 Å². The van der Waals surface area contributed by atoms with E-state index in [0.717, 1.165) is 38.1 Å². The second kappa shape index (κ2) is 16.5. The topological polar surface area (TPSA) is 186 Å². The fourth-order valence-electron chi connectivity index (χ4n) is 6.91. The maximum atomic E-state index is 12.6. The van der Waals surface area contributed by atoms with Crippen LogP contribution in [0.4, 0.5) is 0 Å². The standard InChI is InChI=1S/2C18H15I2N5O3/c2*1-23-9-12(25-15(18(23)28)16(27)13(26)7-21-25)14(10-5-3-2-4-6-10)24-8-11(19)17(20)22-24/h2*2-8,12,14,27H,9H2,1H3/t12-,14+;12-,14-/m11/s1. The van der Waals surface area contributed by atoms with Crippen LogP contribution in [0.1, 0.15) is 56.3 Å². The molecular formula is C36H30I4N10O6. The van der Waals surface area contributed by atoms with Gasteiger partial charge in [-0.25, -0.2) is 9.36 Å². The van der Waals surface area contributed by atoms with Gasteiger partial charge in [0.25, 0.3) is 11.8 Å². The van der Waals surface area contributed by atoms with Gasteiger partial charge in [-0.2, -0.15) is 20.4 Å². The molecule has 0 fully saturated rings. The summed E-state index contributed by atoms with van der Waals surface area (Å²) in [6, 6.07) is 18.3. The highest BCUT2D eigenvalue weighted by Crippen LogP contribution is 2.37. The molecule has 0 unspecified atom stereocenters. The van der Waals surface area contributed by atoms with Crippen LogP contribution >= 0.6 is 90.4 Å². The molecule has 0 radical (unpaired) electrons. The quantitative estimate of drug-likeness (QED) is 0.225. The summed E-state index contributed by atoms with van der Waals surface area (Å²) in [4.78, 5) is 52.0. The fraction of sp³-hybridized carbons (Fsp3) is 0.222. The minimum Gasteiger partial charge on any atom is -0.502 e. The van der Waals surface area contributed by atoms with Crippen LogP contribution in [0.3, 0.4) is 0 Å². The Hall–Kier alpha value is -3.92. The summed E-state index contributed by atoms with van der Waals surface area (Å²) < 4.78 is 10.4. The van der Waals surface area contributed by atoms with Crippen molar-refractivity contribution < 1.29 is 19.8 Å². The molecule has 2 N–H and O–H groups in total. The predicted octanol–water partition coefficient (Wildman–Crippen LogP) is 4.54. The van der Waals surface area contributed by atoms with Crippen LogP contribution in [0.15, 0.2) is 95.0 Å². The van der Waals surface area contributed by atoms with Crippen LogP contribution in [0.25, 0.3) is 0 Å². The summed E-state index contributed by atoms with van der Waals surface area (Å²) in [7, 11) is 3.29. The number of aromatic nitrogens is 8. The zero-order valence-corrected chi connectivity index (χ0v) is 37.9. The number of halogens is 4. The molecule has 2 aromatic carbocycles. The minimum absolute atomic E-state index is 0.0938. The van der Waals surface area contributed by atoms with E-state index in [1.165, 1.54) is 19.2 Å². The molecule has 4 aromatic heterocycles. The van der Waals surface area contributed by atoms with Gasteiger partial charge in [0.05, 0.1) is 31.6 Å². The Balaban J connectivity index is 0.000000172. The van der Waals surface area contributed by atoms with Gasteiger partial charge in [-0.3, -0.25) is 28.5 Å². The van der Waals surface area contributed by atoms with Gasteiger partial charge < -0.3 is 20.0 Å². The van der Waals surface area contributed by atoms with E-state index in [9.17, 15) is 29.4 Å². The summed E-state index contributed by atoms with van der Waals surface area (Å²) in [6.45, 7) is 0.710. The fourth-order valence-corrected chi connectivity index (χ4v) is 8.48. The number of likely N-dealkylation sites (N-methyl/N-ethyl adjacent to an activating group) is 2. The number of benzene rings is 2. The Morgan fingerprint density at radius 3 is 1.29 bits per heavy atom. The Morgan fingerprint density at radius 1 is 0.607 bits per heavy atom. The number of carbonyl (C=O) groups is 2. The summed E-state index contributed by atoms with van der Waals surface area (Å²) in [5.41, 5.74) is 0.432. The van der Waals surface area contributed by atoms with Gasteiger partial charge in [-0.15, -0.1) is 0 Å². The Morgan fingerprint density at radius 2 is 0.964 bits per heavy atom. The van der Waals surface area contributed by atoms with Gasteiger partial charge in [-0.1, -0.05) is 60.7 Å². The highest BCUT2D eigenvalue weighted by atomic mass is 127. The van der Waals surface area contributed by atoms with E-state index in [0.29, 0.717) is 13.1 Å². The molecule has 6 heterocycles. The monoisotopic (exact) mass is 1210 g/mol. The van der Waals surface area contributed by atoms with E-state index in [4.69, 9.17) is 0 Å². The molecule has 2 aliphatic heterocycles. The largest absolute Gasteiger partial charge is 0.502 e. The highest BCUT2D eigenvalue weighted by molar-refractivity contribution is 14.1. The number of aromatic hydroxyl groups is 2. The van der Waals surface area contributed by atoms with Crippen molar-refractivity contribution in [3.05, 3.63) is 143 Å². The van der Waals surface area contributed by atoms with Gasteiger partial charge in [-0.05, 0) is 101 Å². The van der Waals surface area contributed by atoms with Gasteiger partial charge in [0.2, 0.25) is 10.9 Å². The third-order valence-corrected chi connectivity index (χ3v) is 14.7. The molecule has 0 saturated carbocycles. The predicted molar refractivity (Wildman–Crippen MR) is 237 cm³/mol. The van der Waals surface area contributed by atoms with Crippen molar-refractivity contribution in [1.29, 1.82) is 0 Å². The second-order valence-electron chi connectivity index (χ2n) is 13.0. The van der Waals surface area contributed by atoms with E-state index in [1.54, 1.807) is 14.1 Å². The van der Waals surface area contributed by atoms with Crippen LogP contribution in [0, 0.1) is 14.5 Å². The number of carbonyl (C=O) groups excluding carboxylic acids is 2. The van der Waals surface area contributed by atoms with Crippen molar-refractivity contribution in [2.75, 3.05) is 27.2 Å². The Kier molecular flexibility index (Phi) is 11.9. The third-order valence-electron chi connectivity index (χ3n) is 9.49. The summed E-state index contributed by atoms with van der Waals surface area (Å²) in [6.07, 6.45) is 5.98. The smallest absolute Gasteiger partial charge is 0.275 e. The molecule has 4 atom stereocenters. The summed E-state index contributed by atoms with van der Waals surface area (Å²) in [5, 5.41) is 38.2. The Labute approximate surface area is 373 Å². The van der Waals surface area contributed by atoms with E-state index >= 15 is 0 Å². The van der Waals surface area contributed by atoms with E-state index < -0.39 is 34.2 Å². The normalized spacial score (nSPS) is 17.5. The summed E-state index contributed by atoms with van der Waals surface area (Å²) in [5.74, 6) is -2.02. The molecule has 6 aromatic rings. The average Bonchev–Trinajstić information content (AvgIpc) is 3.70. The van der Waals surface area contributed by atoms with Crippen LogP contribution < -0.4 is 10.9 Å². The first-order valence-electron chi connectivity index (χ1n) is 16.8. The summed E-state index contributed by atoms with van der Waals surface area (Å²) >= 11 is 8.81. The lowest BCUT2D eigenvalue weighted by Crippen LogP contribution is -2.46. The number of rotatable bonds is 6. The third kappa shape index (κ3) is 7.59. The lowest BCUT2D eigenvalue weighted by Gasteiger charge is -2.37. The molecule has 2 amide bonds. The second-order valence-corrected chi connectivity index (χ2v) is 17.4. The number of amides is 2. The molecule has 56 heavy (non-hydrogen) atoms. The molecule has 0 aliphatic carbocycles. The molecular weight excluding hydrogens is 1180 g/mol.